The van der Waals surface area contributed by atoms with Gasteiger partial charge < -0.3 is 9.80 Å². The maximum absolute atomic E-state index is 4.32. The zero-order valence-electron chi connectivity index (χ0n) is 10.4. The fourth-order valence-corrected chi connectivity index (χ4v) is 2.60. The van der Waals surface area contributed by atoms with Gasteiger partial charge in [0, 0.05) is 32.5 Å². The first-order valence-electron chi connectivity index (χ1n) is 6.02. The third kappa shape index (κ3) is 3.64. The molecular weight excluding hydrogens is 280 g/mol. The maximum atomic E-state index is 4.32. The van der Waals surface area contributed by atoms with E-state index in [1.807, 2.05) is 0 Å². The molecule has 0 saturated carbocycles. The minimum Gasteiger partial charge on any atom is -0.344 e. The number of anilines is 1. The highest BCUT2D eigenvalue weighted by Crippen LogP contribution is 2.18. The van der Waals surface area contributed by atoms with Crippen molar-refractivity contribution in [2.45, 2.75) is 12.8 Å². The van der Waals surface area contributed by atoms with Crippen LogP contribution in [0, 0.1) is 5.92 Å². The maximum Gasteiger partial charge on any atom is 0.225 e. The van der Waals surface area contributed by atoms with E-state index >= 15 is 0 Å². The Kier molecular flexibility index (Phi) is 4.34. The lowest BCUT2D eigenvalue weighted by molar-refractivity contribution is 0.213. The summed E-state index contributed by atoms with van der Waals surface area (Å²) in [4.78, 5) is 13.2. The molecule has 0 radical (unpaired) electrons. The van der Waals surface area contributed by atoms with Crippen LogP contribution in [0.3, 0.4) is 0 Å². The molecule has 2 heterocycles. The van der Waals surface area contributed by atoms with Gasteiger partial charge in [-0.15, -0.1) is 0 Å². The summed E-state index contributed by atoms with van der Waals surface area (Å²) in [7, 11) is 4.26. The van der Waals surface area contributed by atoms with Crippen LogP contribution >= 0.6 is 15.9 Å². The van der Waals surface area contributed by atoms with Gasteiger partial charge in [-0.25, -0.2) is 9.97 Å². The van der Waals surface area contributed by atoms with Crippen LogP contribution in [-0.4, -0.2) is 48.6 Å². The fraction of sp³-hybridized carbons (Fsp3) is 0.667. The lowest BCUT2D eigenvalue weighted by Gasteiger charge is -2.32. The lowest BCUT2D eigenvalue weighted by atomic mass is 9.98. The molecule has 0 aromatic carbocycles. The molecule has 1 atom stereocenters. The van der Waals surface area contributed by atoms with Gasteiger partial charge in [-0.2, -0.15) is 0 Å². The van der Waals surface area contributed by atoms with E-state index in [-0.39, 0.29) is 0 Å². The van der Waals surface area contributed by atoms with E-state index in [1.54, 1.807) is 12.4 Å². The Balaban J connectivity index is 1.91. The van der Waals surface area contributed by atoms with Crippen molar-refractivity contribution in [2.75, 3.05) is 38.6 Å². The van der Waals surface area contributed by atoms with Crippen molar-refractivity contribution in [3.05, 3.63) is 16.9 Å². The summed E-state index contributed by atoms with van der Waals surface area (Å²) in [5.74, 6) is 1.53. The van der Waals surface area contributed by atoms with Crippen molar-refractivity contribution in [1.82, 2.24) is 14.9 Å². The number of likely N-dealkylation sites (tertiary alicyclic amines) is 1. The van der Waals surface area contributed by atoms with Crippen molar-refractivity contribution in [3.8, 4) is 0 Å². The monoisotopic (exact) mass is 298 g/mol. The van der Waals surface area contributed by atoms with E-state index in [1.165, 1.54) is 25.9 Å². The van der Waals surface area contributed by atoms with Gasteiger partial charge in [0.15, 0.2) is 0 Å². The summed E-state index contributed by atoms with van der Waals surface area (Å²) in [6, 6.07) is 0. The molecule has 1 saturated heterocycles. The van der Waals surface area contributed by atoms with Crippen molar-refractivity contribution in [3.63, 3.8) is 0 Å². The average Bonchev–Trinajstić information content (AvgIpc) is 2.29. The summed E-state index contributed by atoms with van der Waals surface area (Å²) >= 11 is 3.35. The Hall–Kier alpha value is -0.680. The molecule has 1 aromatic rings. The zero-order chi connectivity index (χ0) is 12.3. The topological polar surface area (TPSA) is 32.3 Å². The highest BCUT2D eigenvalue weighted by atomic mass is 79.9. The van der Waals surface area contributed by atoms with Crippen LogP contribution in [0.15, 0.2) is 16.9 Å². The van der Waals surface area contributed by atoms with E-state index in [2.05, 4.69) is 49.8 Å². The van der Waals surface area contributed by atoms with Crippen LogP contribution in [0.5, 0.6) is 0 Å². The van der Waals surface area contributed by atoms with Crippen molar-refractivity contribution in [1.29, 1.82) is 0 Å². The first-order valence-corrected chi connectivity index (χ1v) is 6.81. The van der Waals surface area contributed by atoms with Crippen LogP contribution in [0.4, 0.5) is 5.95 Å². The molecule has 1 unspecified atom stereocenters. The van der Waals surface area contributed by atoms with Gasteiger partial charge in [0.1, 0.15) is 0 Å². The van der Waals surface area contributed by atoms with Crippen molar-refractivity contribution in [2.24, 2.45) is 5.92 Å². The van der Waals surface area contributed by atoms with Gasteiger partial charge >= 0.3 is 0 Å². The quantitative estimate of drug-likeness (QED) is 0.855. The molecule has 0 spiro atoms. The second-order valence-corrected chi connectivity index (χ2v) is 5.77. The molecule has 1 aliphatic rings. The van der Waals surface area contributed by atoms with Crippen LogP contribution < -0.4 is 4.90 Å². The van der Waals surface area contributed by atoms with Gasteiger partial charge in [-0.05, 0) is 48.3 Å². The molecule has 1 aliphatic heterocycles. The Morgan fingerprint density at radius 1 is 1.47 bits per heavy atom. The minimum absolute atomic E-state index is 0.728. The Bertz CT molecular complexity index is 354. The molecular formula is C12H19BrN4. The molecule has 1 aromatic heterocycles. The fourth-order valence-electron chi connectivity index (χ4n) is 2.39. The second-order valence-electron chi connectivity index (χ2n) is 4.85. The number of rotatable bonds is 3. The predicted molar refractivity (Wildman–Crippen MR) is 73.2 cm³/mol. The standard InChI is InChI=1S/C12H19BrN4/c1-16-5-3-4-10(8-16)9-17(2)12-14-6-11(13)7-15-12/h6-7,10H,3-5,8-9H2,1-2H3. The average molecular weight is 299 g/mol. The molecule has 0 amide bonds. The number of halogens is 1. The van der Waals surface area contributed by atoms with Crippen LogP contribution in [-0.2, 0) is 0 Å². The summed E-state index contributed by atoms with van der Waals surface area (Å²) in [6.45, 7) is 3.45. The first-order chi connectivity index (χ1) is 8.15. The van der Waals surface area contributed by atoms with E-state index in [0.717, 1.165) is 22.9 Å². The smallest absolute Gasteiger partial charge is 0.225 e. The van der Waals surface area contributed by atoms with E-state index in [9.17, 15) is 0 Å². The minimum atomic E-state index is 0.728. The second kappa shape index (κ2) is 5.78. The molecule has 0 bridgehead atoms. The third-order valence-corrected chi connectivity index (χ3v) is 3.61. The van der Waals surface area contributed by atoms with Crippen molar-refractivity contribution < 1.29 is 0 Å². The van der Waals surface area contributed by atoms with E-state index in [4.69, 9.17) is 0 Å². The van der Waals surface area contributed by atoms with Gasteiger partial charge in [-0.1, -0.05) is 0 Å². The third-order valence-electron chi connectivity index (χ3n) is 3.20. The molecule has 17 heavy (non-hydrogen) atoms. The van der Waals surface area contributed by atoms with Crippen molar-refractivity contribution >= 4 is 21.9 Å². The zero-order valence-corrected chi connectivity index (χ0v) is 12.0. The van der Waals surface area contributed by atoms with Crippen LogP contribution in [0.1, 0.15) is 12.8 Å². The molecule has 0 N–H and O–H groups in total. The van der Waals surface area contributed by atoms with Gasteiger partial charge in [0.2, 0.25) is 5.95 Å². The summed E-state index contributed by atoms with van der Waals surface area (Å²) in [6.07, 6.45) is 6.21. The van der Waals surface area contributed by atoms with E-state index < -0.39 is 0 Å². The summed E-state index contributed by atoms with van der Waals surface area (Å²) in [5, 5.41) is 0. The molecule has 5 heteroatoms. The van der Waals surface area contributed by atoms with Gasteiger partial charge in [0.05, 0.1) is 4.47 Å². The Labute approximate surface area is 111 Å². The molecule has 94 valence electrons. The Morgan fingerprint density at radius 2 is 2.18 bits per heavy atom. The largest absolute Gasteiger partial charge is 0.344 e. The number of aromatic nitrogens is 2. The van der Waals surface area contributed by atoms with Gasteiger partial charge in [0.25, 0.3) is 0 Å². The number of piperidine rings is 1. The predicted octanol–water partition coefficient (Wildman–Crippen LogP) is 2.02. The molecule has 1 fully saturated rings. The highest BCUT2D eigenvalue weighted by molar-refractivity contribution is 9.10. The number of nitrogens with zero attached hydrogens (tertiary/aromatic N) is 4. The SMILES string of the molecule is CN1CCCC(CN(C)c2ncc(Br)cn2)C1. The first kappa shape index (κ1) is 12.8. The molecule has 0 aliphatic carbocycles. The number of hydrogen-bond acceptors (Lipinski definition) is 4. The van der Waals surface area contributed by atoms with E-state index in [0.29, 0.717) is 0 Å². The lowest BCUT2D eigenvalue weighted by Crippen LogP contribution is -2.38. The van der Waals surface area contributed by atoms with Crippen LogP contribution in [0.2, 0.25) is 0 Å². The summed E-state index contributed by atoms with van der Waals surface area (Å²) < 4.78 is 0.923. The van der Waals surface area contributed by atoms with Crippen LogP contribution in [0.25, 0.3) is 0 Å². The Morgan fingerprint density at radius 3 is 2.82 bits per heavy atom. The summed E-state index contributed by atoms with van der Waals surface area (Å²) in [5.41, 5.74) is 0. The number of hydrogen-bond donors (Lipinski definition) is 0. The normalized spacial score (nSPS) is 21.5. The highest BCUT2D eigenvalue weighted by Gasteiger charge is 2.19. The van der Waals surface area contributed by atoms with Gasteiger partial charge in [-0.3, -0.25) is 0 Å². The molecule has 2 rings (SSSR count). The molecule has 4 nitrogen and oxygen atoms in total.